The molecule has 0 atom stereocenters. The SMILES string of the molecule is COc1ccccc1Nc1c(F)c(C#N)c(C#N)c(F)c1OC(C)(C)C. The van der Waals surface area contributed by atoms with E-state index in [4.69, 9.17) is 20.0 Å². The Kier molecular flexibility index (Phi) is 5.33. The van der Waals surface area contributed by atoms with Crippen molar-refractivity contribution in [3.05, 3.63) is 47.0 Å². The minimum atomic E-state index is -1.10. The van der Waals surface area contributed by atoms with Crippen LogP contribution in [0.4, 0.5) is 20.2 Å². The van der Waals surface area contributed by atoms with E-state index in [1.807, 2.05) is 0 Å². The molecule has 2 aromatic carbocycles. The van der Waals surface area contributed by atoms with E-state index < -0.39 is 34.1 Å². The summed E-state index contributed by atoms with van der Waals surface area (Å²) in [5, 5.41) is 21.0. The molecule has 7 heteroatoms. The van der Waals surface area contributed by atoms with E-state index in [2.05, 4.69) is 5.32 Å². The monoisotopic (exact) mass is 357 g/mol. The fraction of sp³-hybridized carbons (Fsp3) is 0.263. The van der Waals surface area contributed by atoms with E-state index in [1.165, 1.54) is 19.2 Å². The summed E-state index contributed by atoms with van der Waals surface area (Å²) in [6.07, 6.45) is 0. The Balaban J connectivity index is 2.76. The first kappa shape index (κ1) is 19.0. The van der Waals surface area contributed by atoms with E-state index in [1.54, 1.807) is 45.0 Å². The van der Waals surface area contributed by atoms with Crippen LogP contribution in [0.5, 0.6) is 11.5 Å². The molecule has 0 aliphatic carbocycles. The predicted molar refractivity (Wildman–Crippen MR) is 92.4 cm³/mol. The van der Waals surface area contributed by atoms with Crippen molar-refractivity contribution in [1.29, 1.82) is 10.5 Å². The van der Waals surface area contributed by atoms with Crippen LogP contribution in [-0.2, 0) is 0 Å². The third-order valence-electron chi connectivity index (χ3n) is 3.33. The smallest absolute Gasteiger partial charge is 0.186 e. The Hall–Kier alpha value is -3.32. The van der Waals surface area contributed by atoms with Crippen molar-refractivity contribution >= 4 is 11.4 Å². The molecule has 0 saturated carbocycles. The highest BCUT2D eigenvalue weighted by Crippen LogP contribution is 2.41. The number of ether oxygens (including phenoxy) is 2. The molecule has 26 heavy (non-hydrogen) atoms. The highest BCUT2D eigenvalue weighted by Gasteiger charge is 2.29. The van der Waals surface area contributed by atoms with Gasteiger partial charge in [0, 0.05) is 0 Å². The molecule has 0 aliphatic heterocycles. The summed E-state index contributed by atoms with van der Waals surface area (Å²) in [4.78, 5) is 0. The second-order valence-corrected chi connectivity index (χ2v) is 6.35. The first-order chi connectivity index (χ1) is 12.2. The number of anilines is 2. The van der Waals surface area contributed by atoms with Crippen LogP contribution in [0, 0.1) is 34.3 Å². The lowest BCUT2D eigenvalue weighted by atomic mass is 10.0. The summed E-state index contributed by atoms with van der Waals surface area (Å²) < 4.78 is 40.5. The molecular formula is C19H17F2N3O2. The highest BCUT2D eigenvalue weighted by atomic mass is 19.1. The van der Waals surface area contributed by atoms with Crippen molar-refractivity contribution in [3.8, 4) is 23.6 Å². The highest BCUT2D eigenvalue weighted by molar-refractivity contribution is 5.75. The summed E-state index contributed by atoms with van der Waals surface area (Å²) in [6, 6.07) is 9.69. The van der Waals surface area contributed by atoms with Crippen LogP contribution in [0.2, 0.25) is 0 Å². The van der Waals surface area contributed by atoms with Crippen LogP contribution in [0.3, 0.4) is 0 Å². The first-order valence-corrected chi connectivity index (χ1v) is 7.67. The molecule has 5 nitrogen and oxygen atoms in total. The Morgan fingerprint density at radius 3 is 2.12 bits per heavy atom. The lowest BCUT2D eigenvalue weighted by molar-refractivity contribution is 0.125. The molecule has 1 N–H and O–H groups in total. The van der Waals surface area contributed by atoms with Crippen LogP contribution < -0.4 is 14.8 Å². The maximum absolute atomic E-state index is 14.9. The number of nitrogens with zero attached hydrogens (tertiary/aromatic N) is 2. The number of nitrogens with one attached hydrogen (secondary N) is 1. The van der Waals surface area contributed by atoms with Crippen molar-refractivity contribution in [2.24, 2.45) is 0 Å². The molecule has 0 amide bonds. The molecule has 0 aliphatic rings. The number of hydrogen-bond acceptors (Lipinski definition) is 5. The number of nitriles is 2. The van der Waals surface area contributed by atoms with Crippen LogP contribution >= 0.6 is 0 Å². The number of benzene rings is 2. The molecule has 0 unspecified atom stereocenters. The molecule has 0 radical (unpaired) electrons. The van der Waals surface area contributed by atoms with Crippen LogP contribution in [0.25, 0.3) is 0 Å². The Morgan fingerprint density at radius 1 is 1.00 bits per heavy atom. The van der Waals surface area contributed by atoms with Gasteiger partial charge in [0.2, 0.25) is 0 Å². The normalized spacial score (nSPS) is 10.6. The first-order valence-electron chi connectivity index (χ1n) is 7.67. The topological polar surface area (TPSA) is 78.1 Å². The summed E-state index contributed by atoms with van der Waals surface area (Å²) in [7, 11) is 1.43. The van der Waals surface area contributed by atoms with Gasteiger partial charge in [-0.1, -0.05) is 12.1 Å². The lowest BCUT2D eigenvalue weighted by Crippen LogP contribution is -2.25. The second kappa shape index (κ2) is 7.28. The van der Waals surface area contributed by atoms with Gasteiger partial charge >= 0.3 is 0 Å². The van der Waals surface area contributed by atoms with Crippen LogP contribution in [0.1, 0.15) is 31.9 Å². The van der Waals surface area contributed by atoms with Crippen LogP contribution in [0.15, 0.2) is 24.3 Å². The van der Waals surface area contributed by atoms with E-state index in [0.29, 0.717) is 11.4 Å². The average molecular weight is 357 g/mol. The quantitative estimate of drug-likeness (QED) is 0.862. The minimum absolute atomic E-state index is 0.348. The molecule has 0 saturated heterocycles. The average Bonchev–Trinajstić information content (AvgIpc) is 2.60. The van der Waals surface area contributed by atoms with Gasteiger partial charge in [0.05, 0.1) is 12.8 Å². The molecule has 0 aromatic heterocycles. The summed E-state index contributed by atoms with van der Waals surface area (Å²) in [5.74, 6) is -2.26. The van der Waals surface area contributed by atoms with Gasteiger partial charge < -0.3 is 14.8 Å². The second-order valence-electron chi connectivity index (χ2n) is 6.35. The van der Waals surface area contributed by atoms with E-state index in [-0.39, 0.29) is 5.69 Å². The van der Waals surface area contributed by atoms with Crippen molar-refractivity contribution in [2.75, 3.05) is 12.4 Å². The van der Waals surface area contributed by atoms with Gasteiger partial charge in [-0.15, -0.1) is 0 Å². The van der Waals surface area contributed by atoms with Gasteiger partial charge in [-0.3, -0.25) is 0 Å². The molecular weight excluding hydrogens is 340 g/mol. The maximum atomic E-state index is 14.9. The van der Waals surface area contributed by atoms with E-state index in [9.17, 15) is 8.78 Å². The third kappa shape index (κ3) is 3.68. The number of halogens is 2. The Bertz CT molecular complexity index is 922. The van der Waals surface area contributed by atoms with Gasteiger partial charge in [0.25, 0.3) is 0 Å². The maximum Gasteiger partial charge on any atom is 0.186 e. The standard InChI is InChI=1S/C19H17F2N3O2/c1-19(2,3)26-18-16(21)12(10-23)11(9-22)15(20)17(18)24-13-7-5-6-8-14(13)25-4/h5-8,24H,1-4H3. The van der Waals surface area contributed by atoms with Gasteiger partial charge in [-0.2, -0.15) is 10.5 Å². The Morgan fingerprint density at radius 2 is 1.58 bits per heavy atom. The molecule has 134 valence electrons. The molecule has 0 bridgehead atoms. The zero-order valence-electron chi connectivity index (χ0n) is 14.8. The summed E-state index contributed by atoms with van der Waals surface area (Å²) in [6.45, 7) is 4.96. The molecule has 2 rings (SSSR count). The van der Waals surface area contributed by atoms with Gasteiger partial charge in [0.15, 0.2) is 17.4 Å². The predicted octanol–water partition coefficient (Wildman–Crippen LogP) is 4.64. The third-order valence-corrected chi connectivity index (χ3v) is 3.33. The largest absolute Gasteiger partial charge is 0.495 e. The zero-order valence-corrected chi connectivity index (χ0v) is 14.8. The van der Waals surface area contributed by atoms with Gasteiger partial charge in [-0.25, -0.2) is 8.78 Å². The minimum Gasteiger partial charge on any atom is -0.495 e. The van der Waals surface area contributed by atoms with Crippen molar-refractivity contribution in [3.63, 3.8) is 0 Å². The molecule has 2 aromatic rings. The van der Waals surface area contributed by atoms with E-state index >= 15 is 0 Å². The van der Waals surface area contributed by atoms with Gasteiger partial charge in [-0.05, 0) is 32.9 Å². The van der Waals surface area contributed by atoms with Crippen molar-refractivity contribution < 1.29 is 18.3 Å². The summed E-state index contributed by atoms with van der Waals surface area (Å²) >= 11 is 0. The fourth-order valence-corrected chi connectivity index (χ4v) is 2.27. The Labute approximate surface area is 150 Å². The number of rotatable bonds is 4. The molecule has 0 heterocycles. The molecule has 0 spiro atoms. The van der Waals surface area contributed by atoms with Gasteiger partial charge in [0.1, 0.15) is 40.3 Å². The number of para-hydroxylation sites is 2. The van der Waals surface area contributed by atoms with Crippen molar-refractivity contribution in [2.45, 2.75) is 26.4 Å². The lowest BCUT2D eigenvalue weighted by Gasteiger charge is -2.25. The summed E-state index contributed by atoms with van der Waals surface area (Å²) in [5.41, 5.74) is -2.29. The number of methoxy groups -OCH3 is 1. The number of hydrogen-bond donors (Lipinski definition) is 1. The van der Waals surface area contributed by atoms with Crippen molar-refractivity contribution in [1.82, 2.24) is 0 Å². The fourth-order valence-electron chi connectivity index (χ4n) is 2.27. The van der Waals surface area contributed by atoms with E-state index in [0.717, 1.165) is 0 Å². The zero-order chi connectivity index (χ0) is 19.5. The van der Waals surface area contributed by atoms with Crippen LogP contribution in [-0.4, -0.2) is 12.7 Å². The molecule has 0 fully saturated rings.